The molecule has 4 rings (SSSR count). The van der Waals surface area contributed by atoms with Crippen LogP contribution >= 0.6 is 0 Å². The number of carbonyl (C=O) groups is 1. The van der Waals surface area contributed by atoms with Crippen LogP contribution < -0.4 is 28.0 Å². The van der Waals surface area contributed by atoms with Gasteiger partial charge in [0.2, 0.25) is 5.91 Å². The standard InChI is InChI=1S/C30H31NO8S/c1-18-8-11-22(12-9-18)40(33,34)39-28-16-21-15-26(37-6)27(38-7)17-23(21)30(31(3)19(2)32)29(28)20-10-13-24(35-4)25(14-20)36-5/h8-17H,1-7H3. The van der Waals surface area contributed by atoms with Crippen molar-refractivity contribution in [1.82, 2.24) is 0 Å². The number of nitrogens with zero attached hydrogens (tertiary/aromatic N) is 1. The molecule has 0 fully saturated rings. The van der Waals surface area contributed by atoms with Gasteiger partial charge in [-0.1, -0.05) is 23.8 Å². The van der Waals surface area contributed by atoms with E-state index < -0.39 is 10.1 Å². The highest BCUT2D eigenvalue weighted by molar-refractivity contribution is 7.87. The Hall–Kier alpha value is -4.44. The summed E-state index contributed by atoms with van der Waals surface area (Å²) < 4.78 is 54.8. The van der Waals surface area contributed by atoms with Gasteiger partial charge in [-0.25, -0.2) is 0 Å². The smallest absolute Gasteiger partial charge is 0.339 e. The molecule has 0 bridgehead atoms. The lowest BCUT2D eigenvalue weighted by molar-refractivity contribution is -0.116. The minimum absolute atomic E-state index is 0.00903. The highest BCUT2D eigenvalue weighted by Gasteiger charge is 2.27. The minimum Gasteiger partial charge on any atom is -0.493 e. The lowest BCUT2D eigenvalue weighted by Gasteiger charge is -2.25. The predicted molar refractivity (Wildman–Crippen MR) is 154 cm³/mol. The van der Waals surface area contributed by atoms with Gasteiger partial charge in [0.25, 0.3) is 0 Å². The number of hydrogen-bond acceptors (Lipinski definition) is 8. The van der Waals surface area contributed by atoms with Gasteiger partial charge in [0.1, 0.15) is 4.90 Å². The highest BCUT2D eigenvalue weighted by Crippen LogP contribution is 2.49. The Kier molecular flexibility index (Phi) is 8.11. The summed E-state index contributed by atoms with van der Waals surface area (Å²) in [7, 11) is 3.38. The molecule has 0 N–H and O–H groups in total. The normalized spacial score (nSPS) is 11.2. The molecule has 210 valence electrons. The predicted octanol–water partition coefficient (Wildman–Crippen LogP) is 5.60. The number of fused-ring (bicyclic) bond motifs is 1. The Balaban J connectivity index is 2.13. The molecule has 40 heavy (non-hydrogen) atoms. The van der Waals surface area contributed by atoms with Crippen LogP contribution in [0.3, 0.4) is 0 Å². The number of rotatable bonds is 9. The molecule has 9 nitrogen and oxygen atoms in total. The van der Waals surface area contributed by atoms with Gasteiger partial charge in [-0.15, -0.1) is 0 Å². The van der Waals surface area contributed by atoms with Crippen LogP contribution in [-0.4, -0.2) is 49.8 Å². The topological polar surface area (TPSA) is 101 Å². The second kappa shape index (κ2) is 11.4. The Morgan fingerprint density at radius 1 is 0.725 bits per heavy atom. The Labute approximate surface area is 233 Å². The lowest BCUT2D eigenvalue weighted by atomic mass is 9.95. The molecule has 0 aliphatic carbocycles. The summed E-state index contributed by atoms with van der Waals surface area (Å²) >= 11 is 0. The summed E-state index contributed by atoms with van der Waals surface area (Å²) in [5.41, 5.74) is 2.20. The van der Waals surface area contributed by atoms with Crippen molar-refractivity contribution in [3.8, 4) is 39.9 Å². The van der Waals surface area contributed by atoms with E-state index in [1.54, 1.807) is 55.6 Å². The van der Waals surface area contributed by atoms with Gasteiger partial charge in [0.15, 0.2) is 28.7 Å². The number of aryl methyl sites for hydroxylation is 1. The van der Waals surface area contributed by atoms with E-state index in [1.165, 1.54) is 52.4 Å². The number of ether oxygens (including phenoxy) is 4. The van der Waals surface area contributed by atoms with E-state index in [1.807, 2.05) is 6.92 Å². The summed E-state index contributed by atoms with van der Waals surface area (Å²) in [6.45, 7) is 3.28. The number of carbonyl (C=O) groups excluding carboxylic acids is 1. The van der Waals surface area contributed by atoms with Crippen molar-refractivity contribution < 1.29 is 36.3 Å². The monoisotopic (exact) mass is 565 g/mol. The molecule has 4 aromatic carbocycles. The third kappa shape index (κ3) is 5.35. The maximum Gasteiger partial charge on any atom is 0.339 e. The van der Waals surface area contributed by atoms with E-state index in [9.17, 15) is 13.2 Å². The molecule has 1 amide bonds. The van der Waals surface area contributed by atoms with Gasteiger partial charge in [0, 0.05) is 19.4 Å². The van der Waals surface area contributed by atoms with Crippen molar-refractivity contribution in [2.24, 2.45) is 0 Å². The van der Waals surface area contributed by atoms with Crippen LogP contribution in [0, 0.1) is 6.92 Å². The largest absolute Gasteiger partial charge is 0.493 e. The first-order chi connectivity index (χ1) is 19.0. The van der Waals surface area contributed by atoms with Gasteiger partial charge in [0.05, 0.1) is 39.7 Å². The van der Waals surface area contributed by atoms with Crippen LogP contribution in [0.1, 0.15) is 12.5 Å². The van der Waals surface area contributed by atoms with E-state index in [-0.39, 0.29) is 16.6 Å². The number of methoxy groups -OCH3 is 4. The second-order valence-electron chi connectivity index (χ2n) is 9.02. The number of benzene rings is 4. The number of hydrogen-bond donors (Lipinski definition) is 0. The molecule has 0 spiro atoms. The average Bonchev–Trinajstić information content (AvgIpc) is 2.94. The van der Waals surface area contributed by atoms with Gasteiger partial charge in [-0.2, -0.15) is 8.42 Å². The van der Waals surface area contributed by atoms with Crippen LogP contribution in [0.25, 0.3) is 21.9 Å². The summed E-state index contributed by atoms with van der Waals surface area (Å²) in [5, 5.41) is 1.18. The van der Waals surface area contributed by atoms with Crippen LogP contribution in [0.15, 0.2) is 65.6 Å². The molecule has 0 saturated carbocycles. The molecule has 0 aromatic heterocycles. The molecule has 0 radical (unpaired) electrons. The van der Waals surface area contributed by atoms with Crippen molar-refractivity contribution >= 4 is 32.5 Å². The maximum absolute atomic E-state index is 13.5. The number of anilines is 1. The van der Waals surface area contributed by atoms with E-state index in [4.69, 9.17) is 23.1 Å². The second-order valence-corrected chi connectivity index (χ2v) is 10.6. The molecule has 4 aromatic rings. The fourth-order valence-electron chi connectivity index (χ4n) is 4.40. The third-order valence-electron chi connectivity index (χ3n) is 6.57. The van der Waals surface area contributed by atoms with Crippen molar-refractivity contribution in [1.29, 1.82) is 0 Å². The third-order valence-corrected chi connectivity index (χ3v) is 7.82. The van der Waals surface area contributed by atoms with Crippen LogP contribution in [0.5, 0.6) is 28.7 Å². The summed E-state index contributed by atoms with van der Waals surface area (Å²) in [6, 6.07) is 16.5. The number of amides is 1. The zero-order valence-corrected chi connectivity index (χ0v) is 24.2. The maximum atomic E-state index is 13.5. The van der Waals surface area contributed by atoms with E-state index >= 15 is 0 Å². The zero-order valence-electron chi connectivity index (χ0n) is 23.4. The van der Waals surface area contributed by atoms with Crippen LogP contribution in [-0.2, 0) is 14.9 Å². The lowest BCUT2D eigenvalue weighted by Crippen LogP contribution is -2.24. The molecule has 0 aliphatic heterocycles. The SMILES string of the molecule is COc1ccc(-c2c(OS(=O)(=O)c3ccc(C)cc3)cc3cc(OC)c(OC)cc3c2N(C)C(C)=O)cc1OC. The Bertz CT molecular complexity index is 1680. The molecule has 0 atom stereocenters. The molecule has 0 unspecified atom stereocenters. The van der Waals surface area contributed by atoms with Crippen molar-refractivity contribution in [2.75, 3.05) is 40.4 Å². The fraction of sp³-hybridized carbons (Fsp3) is 0.233. The molecule has 10 heteroatoms. The first-order valence-electron chi connectivity index (χ1n) is 12.2. The van der Waals surface area contributed by atoms with Gasteiger partial charge in [-0.05, 0) is 60.3 Å². The summed E-state index contributed by atoms with van der Waals surface area (Å²) in [5.74, 6) is 1.49. The quantitative estimate of drug-likeness (QED) is 0.242. The van der Waals surface area contributed by atoms with Crippen LogP contribution in [0.2, 0.25) is 0 Å². The average molecular weight is 566 g/mol. The summed E-state index contributed by atoms with van der Waals surface area (Å²) in [4.78, 5) is 14.2. The first kappa shape index (κ1) is 28.6. The van der Waals surface area contributed by atoms with Gasteiger partial charge < -0.3 is 28.0 Å². The van der Waals surface area contributed by atoms with E-state index in [0.717, 1.165) is 5.56 Å². The summed E-state index contributed by atoms with van der Waals surface area (Å²) in [6.07, 6.45) is 0. The molecule has 0 saturated heterocycles. The highest BCUT2D eigenvalue weighted by atomic mass is 32.2. The van der Waals surface area contributed by atoms with Gasteiger partial charge >= 0.3 is 10.1 Å². The van der Waals surface area contributed by atoms with Crippen molar-refractivity contribution in [2.45, 2.75) is 18.7 Å². The minimum atomic E-state index is -4.26. The van der Waals surface area contributed by atoms with Crippen molar-refractivity contribution in [3.05, 3.63) is 66.2 Å². The fourth-order valence-corrected chi connectivity index (χ4v) is 5.33. The Morgan fingerprint density at radius 3 is 1.85 bits per heavy atom. The zero-order chi connectivity index (χ0) is 29.2. The van der Waals surface area contributed by atoms with Crippen LogP contribution in [0.4, 0.5) is 5.69 Å². The van der Waals surface area contributed by atoms with Crippen molar-refractivity contribution in [3.63, 3.8) is 0 Å². The molecule has 0 heterocycles. The Morgan fingerprint density at radius 2 is 1.27 bits per heavy atom. The van der Waals surface area contributed by atoms with E-state index in [0.29, 0.717) is 50.6 Å². The molecular formula is C30H31NO8S. The first-order valence-corrected chi connectivity index (χ1v) is 13.7. The van der Waals surface area contributed by atoms with Gasteiger partial charge in [-0.3, -0.25) is 4.79 Å². The molecule has 0 aliphatic rings. The van der Waals surface area contributed by atoms with E-state index in [2.05, 4.69) is 0 Å². The molecular weight excluding hydrogens is 534 g/mol.